The number of ether oxygens (including phenoxy) is 2. The monoisotopic (exact) mass is 1020 g/mol. The summed E-state index contributed by atoms with van der Waals surface area (Å²) >= 11 is 0. The largest absolute Gasteiger partial charge is 0.394 e. The minimum Gasteiger partial charge on any atom is -0.394 e. The van der Waals surface area contributed by atoms with Crippen molar-refractivity contribution in [1.29, 1.82) is 0 Å². The molecule has 1 aliphatic rings. The van der Waals surface area contributed by atoms with Gasteiger partial charge in [0.25, 0.3) is 0 Å². The number of carbonyl (C=O) groups is 1. The Morgan fingerprint density at radius 1 is 0.417 bits per heavy atom. The summed E-state index contributed by atoms with van der Waals surface area (Å²) in [5.41, 5.74) is 0. The van der Waals surface area contributed by atoms with Gasteiger partial charge >= 0.3 is 0 Å². The van der Waals surface area contributed by atoms with Crippen LogP contribution in [0, 0.1) is 0 Å². The zero-order valence-corrected chi connectivity index (χ0v) is 48.0. The molecule has 1 aliphatic heterocycles. The van der Waals surface area contributed by atoms with Gasteiger partial charge in [-0.15, -0.1) is 0 Å². The molecule has 1 amide bonds. The summed E-state index contributed by atoms with van der Waals surface area (Å²) in [4.78, 5) is 13.1. The van der Waals surface area contributed by atoms with E-state index in [-0.39, 0.29) is 12.5 Å². The van der Waals surface area contributed by atoms with Crippen LogP contribution in [0.5, 0.6) is 0 Å². The summed E-state index contributed by atoms with van der Waals surface area (Å²) < 4.78 is 11.3. The molecule has 0 aromatic heterocycles. The second kappa shape index (κ2) is 53.6. The molecule has 0 radical (unpaired) electrons. The summed E-state index contributed by atoms with van der Waals surface area (Å²) in [6, 6.07) is -0.714. The number of hydrogen-bond acceptors (Lipinski definition) is 8. The van der Waals surface area contributed by atoms with E-state index >= 15 is 0 Å². The minimum absolute atomic E-state index is 0.131. The van der Waals surface area contributed by atoms with Crippen molar-refractivity contribution < 1.29 is 39.8 Å². The van der Waals surface area contributed by atoms with Crippen LogP contribution in [0.1, 0.15) is 341 Å². The fourth-order valence-corrected chi connectivity index (χ4v) is 10.9. The Labute approximate surface area is 446 Å². The van der Waals surface area contributed by atoms with Gasteiger partial charge in [0.1, 0.15) is 24.4 Å². The van der Waals surface area contributed by atoms with Gasteiger partial charge < -0.3 is 40.3 Å². The molecule has 6 N–H and O–H groups in total. The topological polar surface area (TPSA) is 149 Å². The van der Waals surface area contributed by atoms with Gasteiger partial charge in [-0.05, 0) is 12.8 Å². The average molecular weight is 1020 g/mol. The van der Waals surface area contributed by atoms with Gasteiger partial charge in [0.05, 0.1) is 25.4 Å². The summed E-state index contributed by atoms with van der Waals surface area (Å²) in [5.74, 6) is -0.134. The predicted molar refractivity (Wildman–Crippen MR) is 304 cm³/mol. The lowest BCUT2D eigenvalue weighted by molar-refractivity contribution is -0.302. The summed E-state index contributed by atoms with van der Waals surface area (Å²) in [6.45, 7) is 3.90. The lowest BCUT2D eigenvalue weighted by atomic mass is 9.99. The van der Waals surface area contributed by atoms with Gasteiger partial charge in [0.15, 0.2) is 6.29 Å². The molecular formula is C63H125NO8. The van der Waals surface area contributed by atoms with Crippen LogP contribution in [0.15, 0.2) is 0 Å². The molecule has 0 aromatic carbocycles. The van der Waals surface area contributed by atoms with E-state index < -0.39 is 49.5 Å². The second-order valence-electron chi connectivity index (χ2n) is 22.9. The molecule has 7 unspecified atom stereocenters. The zero-order valence-electron chi connectivity index (χ0n) is 48.0. The SMILES string of the molecule is CCCCCCCCCCCCCCCCCCCCCCCCCCCCCCCCC(=O)NC(COC1OC(CO)C(O)C(O)C1O)C(O)CCCCCCCCCCCCCCCCCCCCC. The van der Waals surface area contributed by atoms with Crippen molar-refractivity contribution >= 4 is 5.91 Å². The Balaban J connectivity index is 2.11. The van der Waals surface area contributed by atoms with Crippen molar-refractivity contribution in [2.45, 2.75) is 384 Å². The van der Waals surface area contributed by atoms with Gasteiger partial charge in [0.2, 0.25) is 5.91 Å². The Bertz CT molecular complexity index is 1100. The van der Waals surface area contributed by atoms with Crippen molar-refractivity contribution in [2.75, 3.05) is 13.2 Å². The number of carbonyl (C=O) groups excluding carboxylic acids is 1. The first-order valence-corrected chi connectivity index (χ1v) is 32.2. The lowest BCUT2D eigenvalue weighted by Crippen LogP contribution is -2.60. The standard InChI is InChI=1S/C63H125NO8/c1-3-5-7-9-11-13-15-17-19-21-23-24-25-26-27-28-29-30-31-32-33-35-37-39-41-43-45-47-49-51-53-59(67)64-56(55-71-63-62(70)61(69)60(68)58(54-65)72-63)57(66)52-50-48-46-44-42-40-38-36-34-22-20-18-16-14-12-10-8-6-4-2/h56-58,60-63,65-66,68-70H,3-55H2,1-2H3,(H,64,67). The molecule has 7 atom stereocenters. The number of aliphatic hydroxyl groups excluding tert-OH is 5. The molecule has 72 heavy (non-hydrogen) atoms. The zero-order chi connectivity index (χ0) is 52.2. The maximum Gasteiger partial charge on any atom is 0.220 e. The highest BCUT2D eigenvalue weighted by Crippen LogP contribution is 2.24. The molecular weight excluding hydrogens is 899 g/mol. The van der Waals surface area contributed by atoms with Crippen LogP contribution in [-0.4, -0.2) is 87.5 Å². The average Bonchev–Trinajstić information content (AvgIpc) is 3.38. The molecule has 0 spiro atoms. The number of hydrogen-bond donors (Lipinski definition) is 6. The van der Waals surface area contributed by atoms with E-state index in [2.05, 4.69) is 19.2 Å². The molecule has 1 rings (SSSR count). The molecule has 0 saturated carbocycles. The highest BCUT2D eigenvalue weighted by molar-refractivity contribution is 5.76. The van der Waals surface area contributed by atoms with Crippen molar-refractivity contribution in [3.63, 3.8) is 0 Å². The van der Waals surface area contributed by atoms with Crippen LogP contribution < -0.4 is 5.32 Å². The Kier molecular flexibility index (Phi) is 51.5. The van der Waals surface area contributed by atoms with Crippen molar-refractivity contribution in [2.24, 2.45) is 0 Å². The smallest absolute Gasteiger partial charge is 0.220 e. The number of rotatable bonds is 57. The van der Waals surface area contributed by atoms with E-state index in [0.717, 1.165) is 38.5 Å². The Morgan fingerprint density at radius 3 is 0.986 bits per heavy atom. The fourth-order valence-electron chi connectivity index (χ4n) is 10.9. The second-order valence-corrected chi connectivity index (χ2v) is 22.9. The van der Waals surface area contributed by atoms with E-state index in [9.17, 15) is 30.3 Å². The third-order valence-electron chi connectivity index (χ3n) is 16.0. The predicted octanol–water partition coefficient (Wildman–Crippen LogP) is 16.6. The molecule has 1 heterocycles. The highest BCUT2D eigenvalue weighted by atomic mass is 16.7. The maximum absolute atomic E-state index is 13.1. The normalized spacial score (nSPS) is 19.0. The number of aliphatic hydroxyl groups is 5. The van der Waals surface area contributed by atoms with Gasteiger partial charge in [0, 0.05) is 6.42 Å². The van der Waals surface area contributed by atoms with Crippen molar-refractivity contribution in [3.8, 4) is 0 Å². The van der Waals surface area contributed by atoms with Crippen molar-refractivity contribution in [1.82, 2.24) is 5.32 Å². The maximum atomic E-state index is 13.1. The molecule has 0 aliphatic carbocycles. The molecule has 1 saturated heterocycles. The van der Waals surface area contributed by atoms with Crippen LogP contribution in [0.3, 0.4) is 0 Å². The molecule has 0 bridgehead atoms. The van der Waals surface area contributed by atoms with Gasteiger partial charge in [-0.25, -0.2) is 0 Å². The molecule has 430 valence electrons. The van der Waals surface area contributed by atoms with Gasteiger partial charge in [-0.3, -0.25) is 4.79 Å². The number of amides is 1. The van der Waals surface area contributed by atoms with E-state index in [1.54, 1.807) is 0 Å². The number of unbranched alkanes of at least 4 members (excludes halogenated alkanes) is 47. The first kappa shape index (κ1) is 69.2. The Hall–Kier alpha value is -0.810. The van der Waals surface area contributed by atoms with Gasteiger partial charge in [-0.2, -0.15) is 0 Å². The van der Waals surface area contributed by atoms with Crippen LogP contribution >= 0.6 is 0 Å². The van der Waals surface area contributed by atoms with Gasteiger partial charge in [-0.1, -0.05) is 322 Å². The highest BCUT2D eigenvalue weighted by Gasteiger charge is 2.44. The summed E-state index contributed by atoms with van der Waals surface area (Å²) in [7, 11) is 0. The third kappa shape index (κ3) is 42.3. The van der Waals surface area contributed by atoms with E-state index in [0.29, 0.717) is 12.8 Å². The molecule has 9 nitrogen and oxygen atoms in total. The minimum atomic E-state index is -1.55. The quantitative estimate of drug-likeness (QED) is 0.0330. The number of nitrogens with one attached hydrogen (secondary N) is 1. The van der Waals surface area contributed by atoms with Crippen molar-refractivity contribution in [3.05, 3.63) is 0 Å². The first-order valence-electron chi connectivity index (χ1n) is 32.2. The lowest BCUT2D eigenvalue weighted by Gasteiger charge is -2.40. The Morgan fingerprint density at radius 2 is 0.694 bits per heavy atom. The van der Waals surface area contributed by atoms with Crippen LogP contribution in [0.25, 0.3) is 0 Å². The van der Waals surface area contributed by atoms with Crippen LogP contribution in [-0.2, 0) is 14.3 Å². The fraction of sp³-hybridized carbons (Fsp3) is 0.984. The third-order valence-corrected chi connectivity index (χ3v) is 16.0. The van der Waals surface area contributed by atoms with E-state index in [4.69, 9.17) is 9.47 Å². The molecule has 9 heteroatoms. The molecule has 1 fully saturated rings. The summed E-state index contributed by atoms with van der Waals surface area (Å²) in [6.07, 6.45) is 58.7. The first-order chi connectivity index (χ1) is 35.3. The summed E-state index contributed by atoms with van der Waals surface area (Å²) in [5, 5.41) is 54.8. The van der Waals surface area contributed by atoms with E-state index in [1.807, 2.05) is 0 Å². The molecule has 0 aromatic rings. The van der Waals surface area contributed by atoms with E-state index in [1.165, 1.54) is 276 Å². The van der Waals surface area contributed by atoms with Crippen LogP contribution in [0.4, 0.5) is 0 Å². The van der Waals surface area contributed by atoms with Crippen LogP contribution in [0.2, 0.25) is 0 Å².